The van der Waals surface area contributed by atoms with Crippen LogP contribution in [0.3, 0.4) is 0 Å². The molecule has 1 fully saturated rings. The van der Waals surface area contributed by atoms with Gasteiger partial charge in [0.1, 0.15) is 11.6 Å². The molecule has 2 aromatic heterocycles. The number of nitrogens with zero attached hydrogens (tertiary/aromatic N) is 4. The number of amides is 1. The molecule has 2 aliphatic heterocycles. The van der Waals surface area contributed by atoms with Crippen LogP contribution in [0, 0.1) is 11.6 Å². The number of carbonyl (C=O) groups is 1. The molecule has 2 aliphatic rings. The fourth-order valence-electron chi connectivity index (χ4n) is 6.19. The second kappa shape index (κ2) is 10.5. The second-order valence-electron chi connectivity index (χ2n) is 11.3. The lowest BCUT2D eigenvalue weighted by molar-refractivity contribution is -0.0340. The van der Waals surface area contributed by atoms with Crippen LogP contribution in [0.2, 0.25) is 0 Å². The van der Waals surface area contributed by atoms with E-state index < -0.39 is 35.4 Å². The molecule has 7 nitrogen and oxygen atoms in total. The van der Waals surface area contributed by atoms with Gasteiger partial charge in [0, 0.05) is 73.5 Å². The Morgan fingerprint density at radius 3 is 2.68 bits per heavy atom. The van der Waals surface area contributed by atoms with E-state index in [1.807, 2.05) is 45.2 Å². The van der Waals surface area contributed by atoms with E-state index in [0.29, 0.717) is 25.9 Å². The van der Waals surface area contributed by atoms with Crippen LogP contribution in [0.15, 0.2) is 54.9 Å². The third kappa shape index (κ3) is 5.31. The van der Waals surface area contributed by atoms with Crippen molar-refractivity contribution in [3.05, 3.63) is 89.0 Å². The molecule has 1 saturated heterocycles. The smallest absolute Gasteiger partial charge is 0.408 e. The highest BCUT2D eigenvalue weighted by atomic mass is 19.1. The van der Waals surface area contributed by atoms with E-state index in [4.69, 9.17) is 0 Å². The van der Waals surface area contributed by atoms with Crippen LogP contribution in [0.5, 0.6) is 0 Å². The van der Waals surface area contributed by atoms with Gasteiger partial charge in [-0.2, -0.15) is 0 Å². The topological polar surface area (TPSA) is 75.7 Å². The molecular weight excluding hydrogens is 488 g/mol. The minimum absolute atomic E-state index is 0.0293. The van der Waals surface area contributed by atoms with E-state index in [9.17, 15) is 14.3 Å². The molecule has 0 spiro atoms. The molecule has 9 heteroatoms. The first-order valence-electron chi connectivity index (χ1n) is 13.1. The molecule has 3 aromatic rings. The van der Waals surface area contributed by atoms with Crippen molar-refractivity contribution in [2.24, 2.45) is 0 Å². The number of aromatic amines is 1. The minimum Gasteiger partial charge on any atom is -0.465 e. The van der Waals surface area contributed by atoms with Gasteiger partial charge < -0.3 is 10.1 Å². The van der Waals surface area contributed by atoms with Gasteiger partial charge >= 0.3 is 6.09 Å². The number of fused-ring (bicyclic) bond motifs is 1. The summed E-state index contributed by atoms with van der Waals surface area (Å²) in [5.41, 5.74) is 2.75. The Morgan fingerprint density at radius 2 is 2.00 bits per heavy atom. The molecule has 0 unspecified atom stereocenters. The molecule has 2 N–H and O–H groups in total. The largest absolute Gasteiger partial charge is 0.465 e. The number of nitrogens with one attached hydrogen (secondary N) is 1. The van der Waals surface area contributed by atoms with E-state index in [0.717, 1.165) is 30.9 Å². The summed E-state index contributed by atoms with van der Waals surface area (Å²) in [4.78, 5) is 26.4. The Balaban J connectivity index is 1.56. The van der Waals surface area contributed by atoms with E-state index in [1.54, 1.807) is 6.20 Å². The molecule has 202 valence electrons. The summed E-state index contributed by atoms with van der Waals surface area (Å²) >= 11 is 0. The number of pyridine rings is 1. The number of likely N-dealkylation sites (tertiary alicyclic amines) is 1. The second-order valence-corrected chi connectivity index (χ2v) is 11.3. The molecule has 0 radical (unpaired) electrons. The van der Waals surface area contributed by atoms with Gasteiger partial charge in [0.25, 0.3) is 0 Å². The lowest BCUT2D eigenvalue weighted by Gasteiger charge is -2.53. The molecule has 5 rings (SSSR count). The maximum absolute atomic E-state index is 15.4. The molecule has 1 aromatic carbocycles. The fourth-order valence-corrected chi connectivity index (χ4v) is 6.19. The highest BCUT2D eigenvalue weighted by molar-refractivity contribution is 5.67. The van der Waals surface area contributed by atoms with Crippen molar-refractivity contribution in [2.75, 3.05) is 13.1 Å². The van der Waals surface area contributed by atoms with Crippen LogP contribution in [-0.2, 0) is 19.5 Å². The van der Waals surface area contributed by atoms with Crippen molar-refractivity contribution in [1.82, 2.24) is 24.7 Å². The number of hydrogen-bond donors (Lipinski definition) is 2. The number of aromatic nitrogens is 2. The molecule has 3 atom stereocenters. The maximum Gasteiger partial charge on any atom is 0.408 e. The molecule has 4 heterocycles. The van der Waals surface area contributed by atoms with Gasteiger partial charge in [0.05, 0.1) is 12.1 Å². The SMILES string of the molecule is CC(C)(C)N(C(=O)O)[C@H]1C[C@@H](N2Cc3cc[nH]c3C2)CN(CCc2ccccn2)[C@H]1c1cc(F)ccc1F. The monoisotopic (exact) mass is 523 g/mol. The third-order valence-corrected chi connectivity index (χ3v) is 7.82. The number of rotatable bonds is 6. The number of halogens is 2. The number of H-pyrrole nitrogens is 1. The van der Waals surface area contributed by atoms with Crippen LogP contribution < -0.4 is 0 Å². The van der Waals surface area contributed by atoms with Gasteiger partial charge in [0.15, 0.2) is 0 Å². The summed E-state index contributed by atoms with van der Waals surface area (Å²) in [6, 6.07) is 10.1. The fraction of sp³-hybridized carbons (Fsp3) is 0.448. The first-order valence-corrected chi connectivity index (χ1v) is 13.1. The van der Waals surface area contributed by atoms with Gasteiger partial charge in [-0.15, -0.1) is 0 Å². The first-order chi connectivity index (χ1) is 18.1. The highest BCUT2D eigenvalue weighted by Gasteiger charge is 2.47. The highest BCUT2D eigenvalue weighted by Crippen LogP contribution is 2.41. The quantitative estimate of drug-likeness (QED) is 0.464. The lowest BCUT2D eigenvalue weighted by atomic mass is 9.84. The molecular formula is C29H35F2N5O2. The van der Waals surface area contributed by atoms with Crippen molar-refractivity contribution in [3.63, 3.8) is 0 Å². The summed E-state index contributed by atoms with van der Waals surface area (Å²) < 4.78 is 29.9. The Morgan fingerprint density at radius 1 is 1.18 bits per heavy atom. The Labute approximate surface area is 222 Å². The zero-order chi connectivity index (χ0) is 27.0. The van der Waals surface area contributed by atoms with Crippen molar-refractivity contribution < 1.29 is 18.7 Å². The first kappa shape index (κ1) is 26.3. The molecule has 38 heavy (non-hydrogen) atoms. The van der Waals surface area contributed by atoms with Crippen molar-refractivity contribution in [2.45, 2.75) is 70.4 Å². The van der Waals surface area contributed by atoms with Crippen LogP contribution >= 0.6 is 0 Å². The minimum atomic E-state index is -1.07. The van der Waals surface area contributed by atoms with Crippen LogP contribution in [0.4, 0.5) is 13.6 Å². The number of piperidine rings is 1. The van der Waals surface area contributed by atoms with Gasteiger partial charge in [-0.05, 0) is 69.2 Å². The summed E-state index contributed by atoms with van der Waals surface area (Å²) in [7, 11) is 0. The lowest BCUT2D eigenvalue weighted by Crippen LogP contribution is -2.62. The van der Waals surface area contributed by atoms with Crippen molar-refractivity contribution >= 4 is 6.09 Å². The predicted octanol–water partition coefficient (Wildman–Crippen LogP) is 5.21. The molecule has 0 bridgehead atoms. The Bertz CT molecular complexity index is 1250. The normalized spacial score (nSPS) is 22.4. The number of hydrogen-bond acceptors (Lipinski definition) is 4. The summed E-state index contributed by atoms with van der Waals surface area (Å²) in [5, 5.41) is 10.4. The van der Waals surface area contributed by atoms with E-state index in [2.05, 4.69) is 25.8 Å². The third-order valence-electron chi connectivity index (χ3n) is 7.82. The average molecular weight is 524 g/mol. The molecule has 1 amide bonds. The molecule has 0 aliphatic carbocycles. The van der Waals surface area contributed by atoms with Crippen molar-refractivity contribution in [1.29, 1.82) is 0 Å². The molecule has 0 saturated carbocycles. The van der Waals surface area contributed by atoms with Crippen LogP contribution in [-0.4, -0.2) is 66.6 Å². The van der Waals surface area contributed by atoms with Gasteiger partial charge in [-0.3, -0.25) is 19.7 Å². The van der Waals surface area contributed by atoms with E-state index >= 15 is 4.39 Å². The number of carboxylic acid groups (broad SMARTS) is 1. The summed E-state index contributed by atoms with van der Waals surface area (Å²) in [6.07, 6.45) is 3.73. The summed E-state index contributed by atoms with van der Waals surface area (Å²) in [5.74, 6) is -1.07. The van der Waals surface area contributed by atoms with Crippen molar-refractivity contribution in [3.8, 4) is 0 Å². The van der Waals surface area contributed by atoms with Crippen LogP contribution in [0.25, 0.3) is 0 Å². The van der Waals surface area contributed by atoms with Gasteiger partial charge in [0.2, 0.25) is 0 Å². The van der Waals surface area contributed by atoms with Gasteiger partial charge in [-0.1, -0.05) is 6.07 Å². The number of benzene rings is 1. The average Bonchev–Trinajstić information content (AvgIpc) is 3.46. The maximum atomic E-state index is 15.4. The van der Waals surface area contributed by atoms with E-state index in [1.165, 1.54) is 22.2 Å². The standard InChI is InChI=1S/C29H35F2N5O2/c1-29(2,3)36(28(37)38)26-15-22(35-16-19-9-12-33-25(19)18-35)17-34(13-10-21-6-4-5-11-32-21)27(26)23-14-20(30)7-8-24(23)31/h4-9,11-12,14,22,26-27,33H,10,13,15-18H2,1-3H3,(H,37,38)/t22-,26+,27+/m1/s1. The van der Waals surface area contributed by atoms with Crippen LogP contribution in [0.1, 0.15) is 55.7 Å². The summed E-state index contributed by atoms with van der Waals surface area (Å²) in [6.45, 7) is 8.20. The zero-order valence-corrected chi connectivity index (χ0v) is 22.1. The zero-order valence-electron chi connectivity index (χ0n) is 22.1. The Hall–Kier alpha value is -3.30. The van der Waals surface area contributed by atoms with Gasteiger partial charge in [-0.25, -0.2) is 13.6 Å². The van der Waals surface area contributed by atoms with E-state index in [-0.39, 0.29) is 11.6 Å². The predicted molar refractivity (Wildman–Crippen MR) is 140 cm³/mol. The Kier molecular flexibility index (Phi) is 7.24.